The van der Waals surface area contributed by atoms with Gasteiger partial charge < -0.3 is 10.0 Å². The van der Waals surface area contributed by atoms with Gasteiger partial charge in [-0.25, -0.2) is 0 Å². The van der Waals surface area contributed by atoms with Gasteiger partial charge in [0, 0.05) is 37.0 Å². The lowest BCUT2D eigenvalue weighted by Crippen LogP contribution is -2.09. The van der Waals surface area contributed by atoms with Crippen LogP contribution in [-0.4, -0.2) is 25.0 Å². The molecular formula is C11H11NO2. The standard InChI is InChI=1S/C11H11NO2/c1-12(2)7-3-4-8-9(5-7)11(14)6-10(8)13/h3-6,14H,1-2H3. The van der Waals surface area contributed by atoms with Crippen LogP contribution in [-0.2, 0) is 0 Å². The number of rotatable bonds is 1. The molecule has 2 rings (SSSR count). The Hall–Kier alpha value is -1.77. The van der Waals surface area contributed by atoms with Crippen molar-refractivity contribution in [3.63, 3.8) is 0 Å². The molecule has 1 aliphatic rings. The highest BCUT2D eigenvalue weighted by Crippen LogP contribution is 2.28. The summed E-state index contributed by atoms with van der Waals surface area (Å²) in [6.45, 7) is 0. The van der Waals surface area contributed by atoms with Gasteiger partial charge in [0.05, 0.1) is 0 Å². The molecule has 0 saturated heterocycles. The Bertz CT molecular complexity index is 433. The van der Waals surface area contributed by atoms with Crippen LogP contribution in [0.5, 0.6) is 0 Å². The molecule has 0 heterocycles. The van der Waals surface area contributed by atoms with Crippen molar-refractivity contribution in [1.82, 2.24) is 0 Å². The number of carbonyl (C=O) groups excluding carboxylic acids is 1. The van der Waals surface area contributed by atoms with E-state index in [1.54, 1.807) is 6.07 Å². The first-order chi connectivity index (χ1) is 6.59. The highest BCUT2D eigenvalue weighted by molar-refractivity contribution is 6.15. The third-order valence-electron chi connectivity index (χ3n) is 2.33. The quantitative estimate of drug-likeness (QED) is 0.732. The monoisotopic (exact) mass is 189 g/mol. The predicted molar refractivity (Wildman–Crippen MR) is 55.7 cm³/mol. The molecule has 0 bridgehead atoms. The molecule has 0 saturated carbocycles. The van der Waals surface area contributed by atoms with E-state index < -0.39 is 0 Å². The number of carbonyl (C=O) groups is 1. The van der Waals surface area contributed by atoms with Crippen LogP contribution in [0.4, 0.5) is 5.69 Å². The Labute approximate surface area is 82.3 Å². The third kappa shape index (κ3) is 1.18. The van der Waals surface area contributed by atoms with E-state index in [1.165, 1.54) is 6.08 Å². The fourth-order valence-electron chi connectivity index (χ4n) is 1.52. The smallest absolute Gasteiger partial charge is 0.190 e. The number of benzene rings is 1. The molecule has 0 fully saturated rings. The van der Waals surface area contributed by atoms with Crippen LogP contribution in [0, 0.1) is 0 Å². The second kappa shape index (κ2) is 2.87. The van der Waals surface area contributed by atoms with Crippen molar-refractivity contribution < 1.29 is 9.90 Å². The predicted octanol–water partition coefficient (Wildman–Crippen LogP) is 1.85. The molecule has 0 aromatic heterocycles. The molecule has 3 heteroatoms. The van der Waals surface area contributed by atoms with Gasteiger partial charge in [-0.2, -0.15) is 0 Å². The molecule has 0 spiro atoms. The molecule has 0 radical (unpaired) electrons. The van der Waals surface area contributed by atoms with Crippen molar-refractivity contribution in [2.75, 3.05) is 19.0 Å². The first-order valence-electron chi connectivity index (χ1n) is 4.36. The second-order valence-corrected chi connectivity index (χ2v) is 3.52. The lowest BCUT2D eigenvalue weighted by Gasteiger charge is -2.13. The maximum atomic E-state index is 11.3. The zero-order valence-corrected chi connectivity index (χ0v) is 8.11. The molecule has 1 aromatic rings. The molecule has 1 aromatic carbocycles. The van der Waals surface area contributed by atoms with Crippen LogP contribution in [0.25, 0.3) is 5.76 Å². The van der Waals surface area contributed by atoms with Crippen molar-refractivity contribution in [3.05, 3.63) is 35.4 Å². The van der Waals surface area contributed by atoms with E-state index in [-0.39, 0.29) is 11.5 Å². The summed E-state index contributed by atoms with van der Waals surface area (Å²) in [7, 11) is 3.83. The first-order valence-corrected chi connectivity index (χ1v) is 4.36. The number of fused-ring (bicyclic) bond motifs is 1. The number of aliphatic hydroxyl groups excluding tert-OH is 1. The maximum absolute atomic E-state index is 11.3. The molecular weight excluding hydrogens is 178 g/mol. The van der Waals surface area contributed by atoms with E-state index in [0.29, 0.717) is 11.1 Å². The summed E-state index contributed by atoms with van der Waals surface area (Å²) in [5, 5.41) is 9.48. The van der Waals surface area contributed by atoms with E-state index in [4.69, 9.17) is 0 Å². The highest BCUT2D eigenvalue weighted by atomic mass is 16.3. The molecule has 72 valence electrons. The van der Waals surface area contributed by atoms with Gasteiger partial charge in [-0.1, -0.05) is 0 Å². The topological polar surface area (TPSA) is 40.5 Å². The molecule has 1 N–H and O–H groups in total. The number of anilines is 1. The zero-order valence-electron chi connectivity index (χ0n) is 8.11. The minimum Gasteiger partial charge on any atom is -0.507 e. The number of ketones is 1. The van der Waals surface area contributed by atoms with Crippen LogP contribution < -0.4 is 4.90 Å². The number of aliphatic hydroxyl groups is 1. The van der Waals surface area contributed by atoms with Gasteiger partial charge in [-0.05, 0) is 18.2 Å². The third-order valence-corrected chi connectivity index (χ3v) is 2.33. The summed E-state index contributed by atoms with van der Waals surface area (Å²) in [5.74, 6) is -0.0588. The highest BCUT2D eigenvalue weighted by Gasteiger charge is 2.20. The number of allylic oxidation sites excluding steroid dienone is 1. The summed E-state index contributed by atoms with van der Waals surface area (Å²) < 4.78 is 0. The van der Waals surface area contributed by atoms with Crippen molar-refractivity contribution >= 4 is 17.2 Å². The van der Waals surface area contributed by atoms with Crippen LogP contribution in [0.15, 0.2) is 24.3 Å². The lowest BCUT2D eigenvalue weighted by molar-refractivity contribution is 0.104. The van der Waals surface area contributed by atoms with Gasteiger partial charge in [-0.15, -0.1) is 0 Å². The summed E-state index contributed by atoms with van der Waals surface area (Å²) in [6, 6.07) is 5.42. The Morgan fingerprint density at radius 1 is 1.21 bits per heavy atom. The Balaban J connectivity index is 2.56. The van der Waals surface area contributed by atoms with E-state index in [2.05, 4.69) is 0 Å². The van der Waals surface area contributed by atoms with Crippen LogP contribution in [0.1, 0.15) is 15.9 Å². The normalized spacial score (nSPS) is 13.9. The minimum atomic E-state index is -0.122. The van der Waals surface area contributed by atoms with Gasteiger partial charge in [0.2, 0.25) is 0 Å². The number of hydrogen-bond acceptors (Lipinski definition) is 3. The van der Waals surface area contributed by atoms with Crippen molar-refractivity contribution in [2.24, 2.45) is 0 Å². The Morgan fingerprint density at radius 3 is 2.57 bits per heavy atom. The summed E-state index contributed by atoms with van der Waals surface area (Å²) in [4.78, 5) is 13.2. The zero-order chi connectivity index (χ0) is 10.3. The van der Waals surface area contributed by atoms with Crippen molar-refractivity contribution in [1.29, 1.82) is 0 Å². The first kappa shape index (κ1) is 8.81. The second-order valence-electron chi connectivity index (χ2n) is 3.52. The molecule has 1 aliphatic carbocycles. The number of hydrogen-bond donors (Lipinski definition) is 1. The van der Waals surface area contributed by atoms with Gasteiger partial charge in [0.1, 0.15) is 5.76 Å². The maximum Gasteiger partial charge on any atom is 0.190 e. The molecule has 0 unspecified atom stereocenters. The van der Waals surface area contributed by atoms with E-state index >= 15 is 0 Å². The van der Waals surface area contributed by atoms with Crippen molar-refractivity contribution in [2.45, 2.75) is 0 Å². The van der Waals surface area contributed by atoms with Crippen LogP contribution >= 0.6 is 0 Å². The van der Waals surface area contributed by atoms with Gasteiger partial charge in [0.25, 0.3) is 0 Å². The number of nitrogens with zero attached hydrogens (tertiary/aromatic N) is 1. The fourth-order valence-corrected chi connectivity index (χ4v) is 1.52. The van der Waals surface area contributed by atoms with Gasteiger partial charge in [-0.3, -0.25) is 4.79 Å². The van der Waals surface area contributed by atoms with Crippen molar-refractivity contribution in [3.8, 4) is 0 Å². The molecule has 14 heavy (non-hydrogen) atoms. The van der Waals surface area contributed by atoms with E-state index in [1.807, 2.05) is 31.1 Å². The van der Waals surface area contributed by atoms with E-state index in [0.717, 1.165) is 5.69 Å². The Kier molecular flexibility index (Phi) is 1.81. The SMILES string of the molecule is CN(C)c1ccc2c(c1)C(O)=CC2=O. The Morgan fingerprint density at radius 2 is 1.93 bits per heavy atom. The summed E-state index contributed by atoms with van der Waals surface area (Å²) >= 11 is 0. The average molecular weight is 189 g/mol. The van der Waals surface area contributed by atoms with Gasteiger partial charge in [0.15, 0.2) is 5.78 Å². The molecule has 0 atom stereocenters. The fraction of sp³-hybridized carbons (Fsp3) is 0.182. The molecule has 0 amide bonds. The summed E-state index contributed by atoms with van der Waals surface area (Å²) in [6.07, 6.45) is 1.25. The lowest BCUT2D eigenvalue weighted by atomic mass is 10.1. The van der Waals surface area contributed by atoms with Gasteiger partial charge >= 0.3 is 0 Å². The molecule has 0 aliphatic heterocycles. The summed E-state index contributed by atoms with van der Waals surface area (Å²) in [5.41, 5.74) is 2.17. The van der Waals surface area contributed by atoms with E-state index in [9.17, 15) is 9.90 Å². The largest absolute Gasteiger partial charge is 0.507 e. The average Bonchev–Trinajstić information content (AvgIpc) is 2.42. The molecule has 3 nitrogen and oxygen atoms in total. The minimum absolute atomic E-state index is 0.0636. The van der Waals surface area contributed by atoms with Crippen LogP contribution in [0.2, 0.25) is 0 Å². The van der Waals surface area contributed by atoms with Crippen LogP contribution in [0.3, 0.4) is 0 Å².